The first-order valence-electron chi connectivity index (χ1n) is 7.78. The number of aromatic hydroxyl groups is 1. The van der Waals surface area contributed by atoms with Gasteiger partial charge in [-0.2, -0.15) is 5.10 Å². The molecule has 2 aromatic carbocycles. The predicted octanol–water partition coefficient (Wildman–Crippen LogP) is 2.93. The van der Waals surface area contributed by atoms with Crippen LogP contribution in [0.25, 0.3) is 0 Å². The quantitative estimate of drug-likeness (QED) is 0.352. The molecule has 8 heteroatoms. The molecule has 0 aliphatic rings. The van der Waals surface area contributed by atoms with Gasteiger partial charge in [0.25, 0.3) is 5.91 Å². The number of phenols is 1. The Hall–Kier alpha value is -2.49. The van der Waals surface area contributed by atoms with Gasteiger partial charge in [-0.05, 0) is 59.3 Å². The molecule has 138 valence electrons. The highest BCUT2D eigenvalue weighted by molar-refractivity contribution is 14.1. The van der Waals surface area contributed by atoms with Crippen molar-refractivity contribution < 1.29 is 24.1 Å². The minimum absolute atomic E-state index is 0.0654. The smallest absolute Gasteiger partial charge is 0.277 e. The van der Waals surface area contributed by atoms with Gasteiger partial charge < -0.3 is 19.3 Å². The molecule has 0 fully saturated rings. The van der Waals surface area contributed by atoms with Crippen molar-refractivity contribution in [2.45, 2.75) is 6.92 Å². The average Bonchev–Trinajstić information content (AvgIpc) is 2.64. The molecule has 2 aromatic rings. The van der Waals surface area contributed by atoms with E-state index in [-0.39, 0.29) is 12.4 Å². The number of benzene rings is 2. The maximum Gasteiger partial charge on any atom is 0.277 e. The van der Waals surface area contributed by atoms with Crippen molar-refractivity contribution in [3.05, 3.63) is 45.5 Å². The average molecular weight is 470 g/mol. The van der Waals surface area contributed by atoms with Crippen LogP contribution in [-0.2, 0) is 4.79 Å². The number of ether oxygens (including phenoxy) is 3. The number of phenolic OH excluding ortho intramolecular Hbond substituents is 1. The number of carbonyl (C=O) groups excluding carboxylic acids is 1. The van der Waals surface area contributed by atoms with Crippen LogP contribution in [0, 0.1) is 3.57 Å². The van der Waals surface area contributed by atoms with E-state index in [1.807, 2.05) is 35.6 Å². The maximum absolute atomic E-state index is 11.9. The predicted molar refractivity (Wildman–Crippen MR) is 106 cm³/mol. The van der Waals surface area contributed by atoms with Crippen LogP contribution in [0.5, 0.6) is 23.0 Å². The summed E-state index contributed by atoms with van der Waals surface area (Å²) >= 11 is 1.98. The lowest BCUT2D eigenvalue weighted by atomic mass is 10.2. The number of nitrogens with zero attached hydrogens (tertiary/aromatic N) is 1. The molecule has 2 N–H and O–H groups in total. The van der Waals surface area contributed by atoms with Gasteiger partial charge in [0.15, 0.2) is 29.6 Å². The number of hydrazone groups is 1. The molecule has 7 nitrogen and oxygen atoms in total. The van der Waals surface area contributed by atoms with Crippen LogP contribution in [0.3, 0.4) is 0 Å². The first-order chi connectivity index (χ1) is 12.5. The van der Waals surface area contributed by atoms with Gasteiger partial charge in [0.1, 0.15) is 0 Å². The summed E-state index contributed by atoms with van der Waals surface area (Å²) in [7, 11) is 1.46. The van der Waals surface area contributed by atoms with Crippen LogP contribution in [-0.4, -0.2) is 37.6 Å². The molecule has 0 heterocycles. The van der Waals surface area contributed by atoms with Crippen molar-refractivity contribution in [2.24, 2.45) is 5.10 Å². The van der Waals surface area contributed by atoms with E-state index >= 15 is 0 Å². The number of rotatable bonds is 8. The Kier molecular flexibility index (Phi) is 7.52. The van der Waals surface area contributed by atoms with Gasteiger partial charge in [0.2, 0.25) is 0 Å². The Labute approximate surface area is 165 Å². The second kappa shape index (κ2) is 9.85. The van der Waals surface area contributed by atoms with Crippen LogP contribution in [0.4, 0.5) is 0 Å². The fourth-order valence-corrected chi connectivity index (χ4v) is 2.65. The molecule has 0 aliphatic carbocycles. The molecule has 0 spiro atoms. The van der Waals surface area contributed by atoms with Crippen LogP contribution in [0.2, 0.25) is 0 Å². The second-order valence-corrected chi connectivity index (χ2v) is 6.18. The molecule has 1 amide bonds. The Balaban J connectivity index is 1.91. The zero-order chi connectivity index (χ0) is 18.9. The third-order valence-electron chi connectivity index (χ3n) is 3.18. The summed E-state index contributed by atoms with van der Waals surface area (Å²) in [6.45, 7) is 2.18. The summed E-state index contributed by atoms with van der Waals surface area (Å²) in [6, 6.07) is 10.5. The minimum atomic E-state index is -0.409. The van der Waals surface area contributed by atoms with Crippen LogP contribution >= 0.6 is 22.6 Å². The number of methoxy groups -OCH3 is 1. The molecule has 0 aliphatic heterocycles. The molecule has 2 rings (SSSR count). The van der Waals surface area contributed by atoms with E-state index in [1.54, 1.807) is 30.3 Å². The van der Waals surface area contributed by atoms with Crippen molar-refractivity contribution in [2.75, 3.05) is 20.3 Å². The number of nitrogens with one attached hydrogen (secondary N) is 1. The fourth-order valence-electron chi connectivity index (χ4n) is 2.02. The van der Waals surface area contributed by atoms with Gasteiger partial charge in [-0.25, -0.2) is 5.43 Å². The number of para-hydroxylation sites is 2. The van der Waals surface area contributed by atoms with E-state index < -0.39 is 5.91 Å². The molecular formula is C18H19IN2O5. The van der Waals surface area contributed by atoms with Gasteiger partial charge in [0, 0.05) is 0 Å². The number of amides is 1. The summed E-state index contributed by atoms with van der Waals surface area (Å²) in [4.78, 5) is 11.9. The van der Waals surface area contributed by atoms with Gasteiger partial charge in [-0.1, -0.05) is 12.1 Å². The molecular weight excluding hydrogens is 451 g/mol. The van der Waals surface area contributed by atoms with Crippen LogP contribution < -0.4 is 19.6 Å². The summed E-state index contributed by atoms with van der Waals surface area (Å²) in [5.41, 5.74) is 3.06. The molecule has 0 bridgehead atoms. The Morgan fingerprint density at radius 2 is 1.92 bits per heavy atom. The van der Waals surface area contributed by atoms with Crippen LogP contribution in [0.15, 0.2) is 41.5 Å². The van der Waals surface area contributed by atoms with E-state index in [0.29, 0.717) is 33.0 Å². The van der Waals surface area contributed by atoms with Gasteiger partial charge in [0.05, 0.1) is 23.5 Å². The lowest BCUT2D eigenvalue weighted by Gasteiger charge is -2.10. The minimum Gasteiger partial charge on any atom is -0.504 e. The normalized spacial score (nSPS) is 10.6. The first kappa shape index (κ1) is 19.8. The number of hydrogen-bond acceptors (Lipinski definition) is 6. The van der Waals surface area contributed by atoms with E-state index in [2.05, 4.69) is 10.5 Å². The fraction of sp³-hybridized carbons (Fsp3) is 0.222. The van der Waals surface area contributed by atoms with Crippen molar-refractivity contribution >= 4 is 34.7 Å². The van der Waals surface area contributed by atoms with Gasteiger partial charge in [-0.3, -0.25) is 4.79 Å². The molecule has 26 heavy (non-hydrogen) atoms. The van der Waals surface area contributed by atoms with Crippen LogP contribution in [0.1, 0.15) is 12.5 Å². The third-order valence-corrected chi connectivity index (χ3v) is 4.00. The van der Waals surface area contributed by atoms with Crippen molar-refractivity contribution in [3.8, 4) is 23.0 Å². The van der Waals surface area contributed by atoms with Crippen molar-refractivity contribution in [1.29, 1.82) is 0 Å². The molecule has 0 atom stereocenters. The summed E-state index contributed by atoms with van der Waals surface area (Å²) in [5, 5.41) is 13.7. The first-order valence-corrected chi connectivity index (χ1v) is 8.86. The number of hydrogen-bond donors (Lipinski definition) is 2. The zero-order valence-corrected chi connectivity index (χ0v) is 16.5. The van der Waals surface area contributed by atoms with Gasteiger partial charge in [-0.15, -0.1) is 0 Å². The molecule has 0 radical (unpaired) electrons. The third kappa shape index (κ3) is 5.51. The SMILES string of the molecule is CCOc1ccccc1OCC(=O)N/N=C\c1cc(I)c(O)c(OC)c1. The molecule has 0 saturated heterocycles. The summed E-state index contributed by atoms with van der Waals surface area (Å²) in [5.74, 6) is 1.06. The topological polar surface area (TPSA) is 89.4 Å². The zero-order valence-electron chi connectivity index (χ0n) is 14.4. The van der Waals surface area contributed by atoms with Crippen molar-refractivity contribution in [1.82, 2.24) is 5.43 Å². The Bertz CT molecular complexity index is 795. The van der Waals surface area contributed by atoms with E-state index in [0.717, 1.165) is 0 Å². The summed E-state index contributed by atoms with van der Waals surface area (Å²) < 4.78 is 16.6. The van der Waals surface area contributed by atoms with E-state index in [1.165, 1.54) is 13.3 Å². The molecule has 0 saturated carbocycles. The lowest BCUT2D eigenvalue weighted by Crippen LogP contribution is -2.24. The highest BCUT2D eigenvalue weighted by atomic mass is 127. The Morgan fingerprint density at radius 1 is 1.23 bits per heavy atom. The standard InChI is InChI=1S/C18H19IN2O5/c1-3-25-14-6-4-5-7-15(14)26-11-17(22)21-20-10-12-8-13(19)18(23)16(9-12)24-2/h4-10,23H,3,11H2,1-2H3,(H,21,22)/b20-10-. The highest BCUT2D eigenvalue weighted by Gasteiger charge is 2.08. The molecule has 0 aromatic heterocycles. The second-order valence-electron chi connectivity index (χ2n) is 5.02. The largest absolute Gasteiger partial charge is 0.504 e. The lowest BCUT2D eigenvalue weighted by molar-refractivity contribution is -0.123. The monoisotopic (exact) mass is 470 g/mol. The van der Waals surface area contributed by atoms with E-state index in [9.17, 15) is 9.90 Å². The summed E-state index contributed by atoms with van der Waals surface area (Å²) in [6.07, 6.45) is 1.45. The number of halogens is 1. The van der Waals surface area contributed by atoms with Gasteiger partial charge >= 0.3 is 0 Å². The van der Waals surface area contributed by atoms with Crippen molar-refractivity contribution in [3.63, 3.8) is 0 Å². The van der Waals surface area contributed by atoms with E-state index in [4.69, 9.17) is 14.2 Å². The molecule has 0 unspecified atom stereocenters. The Morgan fingerprint density at radius 3 is 2.58 bits per heavy atom. The number of carbonyl (C=O) groups is 1. The maximum atomic E-state index is 11.9. The highest BCUT2D eigenvalue weighted by Crippen LogP contribution is 2.31.